The van der Waals surface area contributed by atoms with E-state index in [1.54, 1.807) is 6.08 Å². The largest absolute Gasteiger partial charge is 0.388 e. The number of hydrogen-bond donors (Lipinski definition) is 1. The van der Waals surface area contributed by atoms with Gasteiger partial charge in [0.25, 0.3) is 0 Å². The zero-order valence-corrected chi connectivity index (χ0v) is 7.81. The minimum absolute atomic E-state index is 0.0707. The van der Waals surface area contributed by atoms with Gasteiger partial charge in [-0.05, 0) is 18.1 Å². The Morgan fingerprint density at radius 3 is 2.57 bits per heavy atom. The average Bonchev–Trinajstić information content (AvgIpc) is 2.51. The van der Waals surface area contributed by atoms with Gasteiger partial charge in [-0.3, -0.25) is 4.79 Å². The molecule has 1 aliphatic rings. The van der Waals surface area contributed by atoms with Crippen molar-refractivity contribution in [1.29, 1.82) is 0 Å². The van der Waals surface area contributed by atoms with Gasteiger partial charge >= 0.3 is 0 Å². The summed E-state index contributed by atoms with van der Waals surface area (Å²) in [7, 11) is 0. The van der Waals surface area contributed by atoms with Gasteiger partial charge in [-0.15, -0.1) is 0 Å². The predicted molar refractivity (Wildman–Crippen MR) is 54.7 cm³/mol. The number of aliphatic hydroxyl groups is 1. The Kier molecular flexibility index (Phi) is 2.46. The van der Waals surface area contributed by atoms with Gasteiger partial charge in [0.05, 0.1) is 6.10 Å². The van der Waals surface area contributed by atoms with Crippen molar-refractivity contribution in [2.45, 2.75) is 18.9 Å². The highest BCUT2D eigenvalue weighted by molar-refractivity contribution is 6.02. The first-order valence-corrected chi connectivity index (χ1v) is 4.75. The molecule has 1 unspecified atom stereocenters. The van der Waals surface area contributed by atoms with Crippen LogP contribution in [0.15, 0.2) is 35.9 Å². The van der Waals surface area contributed by atoms with Gasteiger partial charge in [0.1, 0.15) is 0 Å². The molecule has 14 heavy (non-hydrogen) atoms. The smallest absolute Gasteiger partial charge is 0.161 e. The first-order valence-electron chi connectivity index (χ1n) is 4.75. The first-order chi connectivity index (χ1) is 6.77. The van der Waals surface area contributed by atoms with Crippen molar-refractivity contribution in [3.63, 3.8) is 0 Å². The number of hydrogen-bond acceptors (Lipinski definition) is 2. The first kappa shape index (κ1) is 9.16. The second-order valence-corrected chi connectivity index (χ2v) is 3.49. The van der Waals surface area contributed by atoms with Crippen LogP contribution in [0.3, 0.4) is 0 Å². The maximum atomic E-state index is 11.4. The summed E-state index contributed by atoms with van der Waals surface area (Å²) in [4.78, 5) is 11.4. The monoisotopic (exact) mass is 188 g/mol. The number of rotatable bonds is 1. The third-order valence-corrected chi connectivity index (χ3v) is 2.45. The van der Waals surface area contributed by atoms with Crippen molar-refractivity contribution >= 4 is 11.9 Å². The average molecular weight is 188 g/mol. The van der Waals surface area contributed by atoms with Crippen LogP contribution in [0.1, 0.15) is 18.4 Å². The van der Waals surface area contributed by atoms with Crippen molar-refractivity contribution in [3.05, 3.63) is 41.5 Å². The minimum atomic E-state index is -0.567. The molecule has 0 aliphatic heterocycles. The van der Waals surface area contributed by atoms with Crippen molar-refractivity contribution < 1.29 is 9.90 Å². The molecule has 0 radical (unpaired) electrons. The molecule has 1 aromatic rings. The second kappa shape index (κ2) is 3.76. The molecule has 1 N–H and O–H groups in total. The molecular weight excluding hydrogens is 176 g/mol. The SMILES string of the molecule is O=C1CCC(O)/C1=C/c1ccccc1. The number of ketones is 1. The van der Waals surface area contributed by atoms with Gasteiger partial charge in [-0.2, -0.15) is 0 Å². The normalized spacial score (nSPS) is 24.5. The maximum Gasteiger partial charge on any atom is 0.161 e. The molecule has 0 heterocycles. The van der Waals surface area contributed by atoms with Gasteiger partial charge < -0.3 is 5.11 Å². The topological polar surface area (TPSA) is 37.3 Å². The lowest BCUT2D eigenvalue weighted by Gasteiger charge is -2.01. The zero-order chi connectivity index (χ0) is 9.97. The summed E-state index contributed by atoms with van der Waals surface area (Å²) >= 11 is 0. The molecule has 0 spiro atoms. The fourth-order valence-corrected chi connectivity index (χ4v) is 1.66. The number of carbonyl (C=O) groups is 1. The van der Waals surface area contributed by atoms with E-state index < -0.39 is 6.10 Å². The predicted octanol–water partition coefficient (Wildman–Crippen LogP) is 1.79. The molecule has 0 amide bonds. The van der Waals surface area contributed by atoms with Crippen LogP contribution in [-0.2, 0) is 4.79 Å². The molecular formula is C12H12O2. The van der Waals surface area contributed by atoms with Gasteiger partial charge in [0.2, 0.25) is 0 Å². The summed E-state index contributed by atoms with van der Waals surface area (Å²) in [6.07, 6.45) is 2.25. The highest BCUT2D eigenvalue weighted by Gasteiger charge is 2.25. The quantitative estimate of drug-likeness (QED) is 0.682. The van der Waals surface area contributed by atoms with Crippen molar-refractivity contribution in [2.24, 2.45) is 0 Å². The highest BCUT2D eigenvalue weighted by Crippen LogP contribution is 2.23. The Morgan fingerprint density at radius 2 is 2.00 bits per heavy atom. The molecule has 72 valence electrons. The third kappa shape index (κ3) is 1.75. The summed E-state index contributed by atoms with van der Waals surface area (Å²) in [6.45, 7) is 0. The Morgan fingerprint density at radius 1 is 1.29 bits per heavy atom. The van der Waals surface area contributed by atoms with Gasteiger partial charge in [-0.1, -0.05) is 30.3 Å². The van der Waals surface area contributed by atoms with E-state index in [2.05, 4.69) is 0 Å². The molecule has 1 aromatic carbocycles. The van der Waals surface area contributed by atoms with Gasteiger partial charge in [0, 0.05) is 12.0 Å². The summed E-state index contributed by atoms with van der Waals surface area (Å²) in [5.41, 5.74) is 1.52. The molecule has 1 saturated carbocycles. The lowest BCUT2D eigenvalue weighted by atomic mass is 10.1. The van der Waals surface area contributed by atoms with Crippen LogP contribution < -0.4 is 0 Å². The molecule has 0 aromatic heterocycles. The summed E-state index contributed by atoms with van der Waals surface area (Å²) in [6, 6.07) is 9.60. The van der Waals surface area contributed by atoms with Crippen LogP contribution in [0.25, 0.3) is 6.08 Å². The zero-order valence-electron chi connectivity index (χ0n) is 7.81. The third-order valence-electron chi connectivity index (χ3n) is 2.45. The Hall–Kier alpha value is -1.41. The summed E-state index contributed by atoms with van der Waals surface area (Å²) < 4.78 is 0. The number of Topliss-reactive ketones (excluding diaryl/α,β-unsaturated/α-hetero) is 1. The lowest BCUT2D eigenvalue weighted by Crippen LogP contribution is -2.05. The number of carbonyl (C=O) groups excluding carboxylic acids is 1. The van der Waals surface area contributed by atoms with Gasteiger partial charge in [0.15, 0.2) is 5.78 Å². The highest BCUT2D eigenvalue weighted by atomic mass is 16.3. The molecule has 1 aliphatic carbocycles. The van der Waals surface area contributed by atoms with E-state index in [-0.39, 0.29) is 5.78 Å². The molecule has 0 bridgehead atoms. The molecule has 2 heteroatoms. The minimum Gasteiger partial charge on any atom is -0.388 e. The lowest BCUT2D eigenvalue weighted by molar-refractivity contribution is -0.114. The second-order valence-electron chi connectivity index (χ2n) is 3.49. The van der Waals surface area contributed by atoms with Crippen LogP contribution >= 0.6 is 0 Å². The van der Waals surface area contributed by atoms with E-state index in [0.29, 0.717) is 18.4 Å². The van der Waals surface area contributed by atoms with Gasteiger partial charge in [-0.25, -0.2) is 0 Å². The van der Waals surface area contributed by atoms with E-state index in [1.165, 1.54) is 0 Å². The molecule has 1 fully saturated rings. The van der Waals surface area contributed by atoms with Crippen molar-refractivity contribution in [1.82, 2.24) is 0 Å². The number of aliphatic hydroxyl groups excluding tert-OH is 1. The van der Waals surface area contributed by atoms with Crippen LogP contribution in [0, 0.1) is 0 Å². The Balaban J connectivity index is 2.30. The fourth-order valence-electron chi connectivity index (χ4n) is 1.66. The number of benzene rings is 1. The molecule has 0 saturated heterocycles. The van der Waals surface area contributed by atoms with E-state index >= 15 is 0 Å². The maximum absolute atomic E-state index is 11.4. The van der Waals surface area contributed by atoms with E-state index in [9.17, 15) is 9.90 Å². The van der Waals surface area contributed by atoms with Crippen LogP contribution in [-0.4, -0.2) is 17.0 Å². The fraction of sp³-hybridized carbons (Fsp3) is 0.250. The standard InChI is InChI=1S/C12H12O2/c13-11-6-7-12(14)10(11)8-9-4-2-1-3-5-9/h1-5,8,11,13H,6-7H2/b10-8-. The van der Waals surface area contributed by atoms with Crippen LogP contribution in [0.2, 0.25) is 0 Å². The van der Waals surface area contributed by atoms with Crippen molar-refractivity contribution in [2.75, 3.05) is 0 Å². The molecule has 1 atom stereocenters. The van der Waals surface area contributed by atoms with Crippen LogP contribution in [0.5, 0.6) is 0 Å². The Labute approximate surface area is 82.9 Å². The molecule has 2 nitrogen and oxygen atoms in total. The van der Waals surface area contributed by atoms with E-state index in [1.807, 2.05) is 30.3 Å². The molecule has 2 rings (SSSR count). The van der Waals surface area contributed by atoms with Crippen LogP contribution in [0.4, 0.5) is 0 Å². The van der Waals surface area contributed by atoms with E-state index in [0.717, 1.165) is 5.56 Å². The van der Waals surface area contributed by atoms with E-state index in [4.69, 9.17) is 0 Å². The Bertz CT molecular complexity index is 365. The summed E-state index contributed by atoms with van der Waals surface area (Å²) in [5.74, 6) is 0.0707. The summed E-state index contributed by atoms with van der Waals surface area (Å²) in [5, 5.41) is 9.53. The van der Waals surface area contributed by atoms with Crippen molar-refractivity contribution in [3.8, 4) is 0 Å².